The predicted octanol–water partition coefficient (Wildman–Crippen LogP) is 3.33. The lowest BCUT2D eigenvalue weighted by molar-refractivity contribution is -0.118. The first-order valence-electron chi connectivity index (χ1n) is 7.56. The maximum atomic E-state index is 11.9. The summed E-state index contributed by atoms with van der Waals surface area (Å²) in [5, 5.41) is 4.51. The molecule has 0 saturated heterocycles. The number of hydrogen-bond acceptors (Lipinski definition) is 4. The van der Waals surface area contributed by atoms with Crippen LogP contribution in [0.15, 0.2) is 71.8 Å². The van der Waals surface area contributed by atoms with Crippen LogP contribution in [0.3, 0.4) is 0 Å². The summed E-state index contributed by atoms with van der Waals surface area (Å²) in [5.74, 6) is -0.0510. The van der Waals surface area contributed by atoms with Crippen molar-refractivity contribution in [2.75, 3.05) is 12.3 Å². The van der Waals surface area contributed by atoms with Gasteiger partial charge in [-0.3, -0.25) is 9.59 Å². The minimum atomic E-state index is -0.181. The summed E-state index contributed by atoms with van der Waals surface area (Å²) in [7, 11) is 0. The molecule has 0 fully saturated rings. The van der Waals surface area contributed by atoms with Crippen molar-refractivity contribution in [1.29, 1.82) is 0 Å². The SMILES string of the molecule is O=C(CSc1ccc2ccccc2n1)NCC(=O)c1ccccc1. The van der Waals surface area contributed by atoms with Crippen LogP contribution in [-0.4, -0.2) is 29.0 Å². The lowest BCUT2D eigenvalue weighted by Gasteiger charge is -2.05. The summed E-state index contributed by atoms with van der Waals surface area (Å²) < 4.78 is 0. The number of amides is 1. The van der Waals surface area contributed by atoms with Crippen LogP contribution in [0, 0.1) is 0 Å². The Kier molecular flexibility index (Phi) is 5.23. The second kappa shape index (κ2) is 7.75. The highest BCUT2D eigenvalue weighted by Crippen LogP contribution is 2.19. The number of nitrogens with one attached hydrogen (secondary N) is 1. The molecule has 0 unspecified atom stereocenters. The Balaban J connectivity index is 1.50. The number of Topliss-reactive ketones (excluding diaryl/α,β-unsaturated/α-hetero) is 1. The van der Waals surface area contributed by atoms with Crippen molar-refractivity contribution in [3.05, 3.63) is 72.3 Å². The maximum absolute atomic E-state index is 11.9. The summed E-state index contributed by atoms with van der Waals surface area (Å²) in [6.07, 6.45) is 0. The van der Waals surface area contributed by atoms with Gasteiger partial charge in [-0.05, 0) is 12.1 Å². The predicted molar refractivity (Wildman–Crippen MR) is 96.2 cm³/mol. The van der Waals surface area contributed by atoms with Crippen molar-refractivity contribution < 1.29 is 9.59 Å². The van der Waals surface area contributed by atoms with Crippen molar-refractivity contribution in [2.24, 2.45) is 0 Å². The number of ketones is 1. The van der Waals surface area contributed by atoms with Gasteiger partial charge in [0.1, 0.15) is 0 Å². The molecule has 3 rings (SSSR count). The van der Waals surface area contributed by atoms with Gasteiger partial charge in [0.05, 0.1) is 22.8 Å². The number of hydrogen-bond donors (Lipinski definition) is 1. The van der Waals surface area contributed by atoms with E-state index >= 15 is 0 Å². The number of fused-ring (bicyclic) bond motifs is 1. The fourth-order valence-electron chi connectivity index (χ4n) is 2.22. The molecule has 1 aromatic heterocycles. The molecule has 24 heavy (non-hydrogen) atoms. The molecule has 0 spiro atoms. The first-order valence-corrected chi connectivity index (χ1v) is 8.54. The molecule has 1 N–H and O–H groups in total. The minimum absolute atomic E-state index is 0.00849. The molecule has 3 aromatic rings. The molecule has 0 aliphatic carbocycles. The van der Waals surface area contributed by atoms with Crippen LogP contribution in [0.1, 0.15) is 10.4 Å². The van der Waals surface area contributed by atoms with Gasteiger partial charge in [0, 0.05) is 10.9 Å². The van der Waals surface area contributed by atoms with E-state index in [1.165, 1.54) is 11.8 Å². The zero-order valence-corrected chi connectivity index (χ0v) is 13.8. The number of benzene rings is 2. The largest absolute Gasteiger partial charge is 0.348 e. The third-order valence-corrected chi connectivity index (χ3v) is 4.40. The van der Waals surface area contributed by atoms with E-state index in [4.69, 9.17) is 0 Å². The van der Waals surface area contributed by atoms with E-state index in [1.807, 2.05) is 42.5 Å². The van der Waals surface area contributed by atoms with Crippen molar-refractivity contribution in [3.8, 4) is 0 Å². The van der Waals surface area contributed by atoms with Crippen LogP contribution in [-0.2, 0) is 4.79 Å². The standard InChI is InChI=1S/C19H16N2O2S/c22-17(15-7-2-1-3-8-15)12-20-18(23)13-24-19-11-10-14-6-4-5-9-16(14)21-19/h1-11H,12-13H2,(H,20,23). The van der Waals surface area contributed by atoms with Crippen LogP contribution in [0.4, 0.5) is 0 Å². The first-order chi connectivity index (χ1) is 11.7. The van der Waals surface area contributed by atoms with Gasteiger partial charge in [-0.15, -0.1) is 0 Å². The number of rotatable bonds is 6. The summed E-state index contributed by atoms with van der Waals surface area (Å²) in [4.78, 5) is 28.3. The van der Waals surface area contributed by atoms with Gasteiger partial charge >= 0.3 is 0 Å². The Morgan fingerprint density at radius 2 is 1.67 bits per heavy atom. The summed E-state index contributed by atoms with van der Waals surface area (Å²) in [6, 6.07) is 20.7. The van der Waals surface area contributed by atoms with Crippen LogP contribution in [0.25, 0.3) is 10.9 Å². The number of nitrogens with zero attached hydrogens (tertiary/aromatic N) is 1. The fourth-order valence-corrected chi connectivity index (χ4v) is 2.93. The van der Waals surface area contributed by atoms with Gasteiger partial charge in [0.2, 0.25) is 5.91 Å². The van der Waals surface area contributed by atoms with Crippen LogP contribution < -0.4 is 5.32 Å². The summed E-state index contributed by atoms with van der Waals surface area (Å²) in [5.41, 5.74) is 1.50. The van der Waals surface area contributed by atoms with E-state index in [1.54, 1.807) is 24.3 Å². The van der Waals surface area contributed by atoms with Crippen molar-refractivity contribution in [1.82, 2.24) is 10.3 Å². The third-order valence-electron chi connectivity index (χ3n) is 3.47. The molecule has 5 heteroatoms. The third kappa shape index (κ3) is 4.20. The van der Waals surface area contributed by atoms with Crippen LogP contribution >= 0.6 is 11.8 Å². The Morgan fingerprint density at radius 1 is 0.917 bits per heavy atom. The van der Waals surface area contributed by atoms with Gasteiger partial charge in [-0.1, -0.05) is 66.4 Å². The van der Waals surface area contributed by atoms with Crippen molar-refractivity contribution >= 4 is 34.4 Å². The highest BCUT2D eigenvalue weighted by atomic mass is 32.2. The van der Waals surface area contributed by atoms with Crippen LogP contribution in [0.2, 0.25) is 0 Å². The van der Waals surface area contributed by atoms with Crippen molar-refractivity contribution in [2.45, 2.75) is 5.03 Å². The number of pyridine rings is 1. The number of para-hydroxylation sites is 1. The monoisotopic (exact) mass is 336 g/mol. The topological polar surface area (TPSA) is 59.1 Å². The van der Waals surface area contributed by atoms with E-state index in [-0.39, 0.29) is 24.0 Å². The molecule has 120 valence electrons. The Morgan fingerprint density at radius 3 is 2.50 bits per heavy atom. The zero-order chi connectivity index (χ0) is 16.8. The lowest BCUT2D eigenvalue weighted by atomic mass is 10.1. The molecular weight excluding hydrogens is 320 g/mol. The van der Waals surface area contributed by atoms with Gasteiger partial charge < -0.3 is 5.32 Å². The lowest BCUT2D eigenvalue weighted by Crippen LogP contribution is -2.30. The molecule has 0 bridgehead atoms. The molecule has 0 atom stereocenters. The van der Waals surface area contributed by atoms with Gasteiger partial charge in [0.25, 0.3) is 0 Å². The average molecular weight is 336 g/mol. The van der Waals surface area contributed by atoms with Gasteiger partial charge in [0.15, 0.2) is 5.78 Å². The number of thioether (sulfide) groups is 1. The molecule has 0 aliphatic heterocycles. The maximum Gasteiger partial charge on any atom is 0.230 e. The van der Waals surface area contributed by atoms with E-state index in [0.717, 1.165) is 15.9 Å². The summed E-state index contributed by atoms with van der Waals surface area (Å²) >= 11 is 1.36. The second-order valence-corrected chi connectivity index (χ2v) is 6.19. The Hall–Kier alpha value is -2.66. The molecule has 1 amide bonds. The van der Waals surface area contributed by atoms with Gasteiger partial charge in [-0.25, -0.2) is 4.98 Å². The number of carbonyl (C=O) groups excluding carboxylic acids is 2. The van der Waals surface area contributed by atoms with E-state index in [2.05, 4.69) is 10.3 Å². The molecule has 0 saturated carbocycles. The number of carbonyl (C=O) groups is 2. The molecule has 0 aliphatic rings. The minimum Gasteiger partial charge on any atom is -0.348 e. The highest BCUT2D eigenvalue weighted by Gasteiger charge is 2.08. The van der Waals surface area contributed by atoms with Crippen molar-refractivity contribution in [3.63, 3.8) is 0 Å². The smallest absolute Gasteiger partial charge is 0.230 e. The fraction of sp³-hybridized carbons (Fsp3) is 0.105. The Bertz CT molecular complexity index is 865. The normalized spacial score (nSPS) is 10.5. The zero-order valence-electron chi connectivity index (χ0n) is 12.9. The summed E-state index contributed by atoms with van der Waals surface area (Å²) in [6.45, 7) is 0.00849. The highest BCUT2D eigenvalue weighted by molar-refractivity contribution is 7.99. The molecule has 2 aromatic carbocycles. The van der Waals surface area contributed by atoms with E-state index in [9.17, 15) is 9.59 Å². The average Bonchev–Trinajstić information content (AvgIpc) is 2.65. The molecular formula is C19H16N2O2S. The van der Waals surface area contributed by atoms with E-state index < -0.39 is 0 Å². The Labute approximate surface area is 144 Å². The first kappa shape index (κ1) is 16.2. The number of aromatic nitrogens is 1. The van der Waals surface area contributed by atoms with Crippen LogP contribution in [0.5, 0.6) is 0 Å². The molecule has 4 nitrogen and oxygen atoms in total. The quantitative estimate of drug-likeness (QED) is 0.554. The van der Waals surface area contributed by atoms with Gasteiger partial charge in [-0.2, -0.15) is 0 Å². The van der Waals surface area contributed by atoms with E-state index in [0.29, 0.717) is 5.56 Å². The second-order valence-electron chi connectivity index (χ2n) is 5.20. The molecule has 0 radical (unpaired) electrons. The molecule has 1 heterocycles.